The van der Waals surface area contributed by atoms with Crippen molar-refractivity contribution < 1.29 is 0 Å². The van der Waals surface area contributed by atoms with E-state index in [-0.39, 0.29) is 0 Å². The van der Waals surface area contributed by atoms with Crippen LogP contribution < -0.4 is 5.32 Å². The zero-order valence-electron chi connectivity index (χ0n) is 11.8. The molecule has 3 atom stereocenters. The van der Waals surface area contributed by atoms with Crippen LogP contribution in [0.5, 0.6) is 0 Å². The van der Waals surface area contributed by atoms with Gasteiger partial charge in [-0.2, -0.15) is 0 Å². The standard InChI is InChI=1S/C15H30N2/c1-3-10-16-14-7-4-8-15(14)17-11-5-6-13(2)9-12-17/h13-16H,3-12H2,1-2H3. The van der Waals surface area contributed by atoms with Gasteiger partial charge in [-0.3, -0.25) is 4.90 Å². The number of nitrogens with one attached hydrogen (secondary N) is 1. The Hall–Kier alpha value is -0.0800. The maximum atomic E-state index is 3.77. The van der Waals surface area contributed by atoms with Crippen LogP contribution in [-0.4, -0.2) is 36.6 Å². The summed E-state index contributed by atoms with van der Waals surface area (Å²) < 4.78 is 0. The first-order valence-electron chi connectivity index (χ1n) is 7.78. The molecule has 2 nitrogen and oxygen atoms in total. The topological polar surface area (TPSA) is 15.3 Å². The van der Waals surface area contributed by atoms with Crippen molar-refractivity contribution in [2.45, 2.75) is 70.9 Å². The van der Waals surface area contributed by atoms with E-state index in [1.165, 1.54) is 64.6 Å². The third kappa shape index (κ3) is 3.69. The molecule has 3 unspecified atom stereocenters. The molecule has 0 spiro atoms. The SMILES string of the molecule is CCCNC1CCCC1N1CCCC(C)CC1. The van der Waals surface area contributed by atoms with Gasteiger partial charge in [-0.25, -0.2) is 0 Å². The van der Waals surface area contributed by atoms with Crippen molar-refractivity contribution in [1.29, 1.82) is 0 Å². The Morgan fingerprint density at radius 3 is 2.76 bits per heavy atom. The quantitative estimate of drug-likeness (QED) is 0.810. The number of rotatable bonds is 4. The van der Waals surface area contributed by atoms with Crippen LogP contribution in [0.25, 0.3) is 0 Å². The molecule has 0 aromatic heterocycles. The number of hydrogen-bond donors (Lipinski definition) is 1. The maximum Gasteiger partial charge on any atom is 0.0249 e. The number of hydrogen-bond acceptors (Lipinski definition) is 2. The zero-order chi connectivity index (χ0) is 12.1. The van der Waals surface area contributed by atoms with Crippen LogP contribution in [0.1, 0.15) is 58.8 Å². The summed E-state index contributed by atoms with van der Waals surface area (Å²) in [4.78, 5) is 2.80. The molecule has 0 radical (unpaired) electrons. The predicted octanol–water partition coefficient (Wildman–Crippen LogP) is 3.03. The molecule has 2 aliphatic rings. The molecular weight excluding hydrogens is 208 g/mol. The Balaban J connectivity index is 1.86. The summed E-state index contributed by atoms with van der Waals surface area (Å²) in [7, 11) is 0. The van der Waals surface area contributed by atoms with E-state index < -0.39 is 0 Å². The van der Waals surface area contributed by atoms with E-state index in [1.807, 2.05) is 0 Å². The van der Waals surface area contributed by atoms with Crippen LogP contribution in [0.4, 0.5) is 0 Å². The van der Waals surface area contributed by atoms with Gasteiger partial charge in [0.1, 0.15) is 0 Å². The van der Waals surface area contributed by atoms with Crippen molar-refractivity contribution in [3.05, 3.63) is 0 Å². The molecule has 2 heteroatoms. The lowest BCUT2D eigenvalue weighted by molar-refractivity contribution is 0.177. The Morgan fingerprint density at radius 2 is 1.94 bits per heavy atom. The van der Waals surface area contributed by atoms with E-state index in [4.69, 9.17) is 0 Å². The molecule has 0 aromatic carbocycles. The van der Waals surface area contributed by atoms with Crippen LogP contribution >= 0.6 is 0 Å². The molecular formula is C15H30N2. The molecule has 100 valence electrons. The minimum absolute atomic E-state index is 0.781. The average Bonchev–Trinajstić information content (AvgIpc) is 2.69. The summed E-state index contributed by atoms with van der Waals surface area (Å²) in [5.41, 5.74) is 0. The van der Waals surface area contributed by atoms with E-state index >= 15 is 0 Å². The van der Waals surface area contributed by atoms with E-state index in [0.29, 0.717) is 0 Å². The van der Waals surface area contributed by atoms with Gasteiger partial charge in [0.15, 0.2) is 0 Å². The van der Waals surface area contributed by atoms with Crippen molar-refractivity contribution in [3.63, 3.8) is 0 Å². The van der Waals surface area contributed by atoms with E-state index in [9.17, 15) is 0 Å². The minimum atomic E-state index is 0.781. The second-order valence-corrected chi connectivity index (χ2v) is 6.13. The third-order valence-corrected chi connectivity index (χ3v) is 4.66. The lowest BCUT2D eigenvalue weighted by atomic mass is 10.0. The summed E-state index contributed by atoms with van der Waals surface area (Å²) in [6.45, 7) is 8.58. The fourth-order valence-electron chi connectivity index (χ4n) is 3.56. The van der Waals surface area contributed by atoms with Crippen molar-refractivity contribution in [2.24, 2.45) is 5.92 Å². The Labute approximate surface area is 107 Å². The first kappa shape index (κ1) is 13.4. The molecule has 1 saturated heterocycles. The van der Waals surface area contributed by atoms with E-state index in [2.05, 4.69) is 24.1 Å². The first-order chi connectivity index (χ1) is 8.31. The maximum absolute atomic E-state index is 3.77. The van der Waals surface area contributed by atoms with Gasteiger partial charge in [-0.05, 0) is 64.1 Å². The van der Waals surface area contributed by atoms with Gasteiger partial charge in [-0.1, -0.05) is 20.3 Å². The van der Waals surface area contributed by atoms with Crippen LogP contribution in [0.3, 0.4) is 0 Å². The molecule has 1 saturated carbocycles. The summed E-state index contributed by atoms with van der Waals surface area (Å²) in [5, 5.41) is 3.77. The van der Waals surface area contributed by atoms with E-state index in [1.54, 1.807) is 0 Å². The van der Waals surface area contributed by atoms with Crippen LogP contribution in [0.15, 0.2) is 0 Å². The van der Waals surface area contributed by atoms with Crippen molar-refractivity contribution in [2.75, 3.05) is 19.6 Å². The van der Waals surface area contributed by atoms with Gasteiger partial charge < -0.3 is 5.32 Å². The first-order valence-corrected chi connectivity index (χ1v) is 7.78. The summed E-state index contributed by atoms with van der Waals surface area (Å²) in [5.74, 6) is 0.948. The molecule has 0 aromatic rings. The molecule has 1 N–H and O–H groups in total. The number of likely N-dealkylation sites (tertiary alicyclic amines) is 1. The molecule has 1 heterocycles. The van der Waals surface area contributed by atoms with Gasteiger partial charge in [0.2, 0.25) is 0 Å². The lowest BCUT2D eigenvalue weighted by Gasteiger charge is -2.32. The van der Waals surface area contributed by atoms with Gasteiger partial charge in [-0.15, -0.1) is 0 Å². The second kappa shape index (κ2) is 6.75. The third-order valence-electron chi connectivity index (χ3n) is 4.66. The molecule has 0 bridgehead atoms. The minimum Gasteiger partial charge on any atom is -0.312 e. The molecule has 2 fully saturated rings. The average molecular weight is 238 g/mol. The second-order valence-electron chi connectivity index (χ2n) is 6.13. The highest BCUT2D eigenvalue weighted by Gasteiger charge is 2.32. The van der Waals surface area contributed by atoms with Crippen molar-refractivity contribution in [1.82, 2.24) is 10.2 Å². The highest BCUT2D eigenvalue weighted by atomic mass is 15.2. The largest absolute Gasteiger partial charge is 0.312 e. The number of nitrogens with zero attached hydrogens (tertiary/aromatic N) is 1. The van der Waals surface area contributed by atoms with Crippen molar-refractivity contribution in [3.8, 4) is 0 Å². The van der Waals surface area contributed by atoms with Crippen molar-refractivity contribution >= 4 is 0 Å². The fourth-order valence-corrected chi connectivity index (χ4v) is 3.56. The Morgan fingerprint density at radius 1 is 1.06 bits per heavy atom. The fraction of sp³-hybridized carbons (Fsp3) is 1.00. The van der Waals surface area contributed by atoms with Gasteiger partial charge in [0.25, 0.3) is 0 Å². The highest BCUT2D eigenvalue weighted by Crippen LogP contribution is 2.27. The summed E-state index contributed by atoms with van der Waals surface area (Å²) in [6, 6.07) is 1.62. The lowest BCUT2D eigenvalue weighted by Crippen LogP contribution is -2.47. The smallest absolute Gasteiger partial charge is 0.0249 e. The van der Waals surface area contributed by atoms with Gasteiger partial charge in [0.05, 0.1) is 0 Å². The Bertz CT molecular complexity index is 217. The molecule has 0 amide bonds. The summed E-state index contributed by atoms with van der Waals surface area (Å²) >= 11 is 0. The van der Waals surface area contributed by atoms with E-state index in [0.717, 1.165) is 18.0 Å². The Kier molecular flexibility index (Phi) is 5.30. The van der Waals surface area contributed by atoms with Gasteiger partial charge >= 0.3 is 0 Å². The normalized spacial score (nSPS) is 36.0. The van der Waals surface area contributed by atoms with Crippen LogP contribution in [-0.2, 0) is 0 Å². The molecule has 17 heavy (non-hydrogen) atoms. The van der Waals surface area contributed by atoms with Crippen LogP contribution in [0, 0.1) is 5.92 Å². The molecule has 1 aliphatic carbocycles. The highest BCUT2D eigenvalue weighted by molar-refractivity contribution is 4.91. The van der Waals surface area contributed by atoms with Crippen LogP contribution in [0.2, 0.25) is 0 Å². The monoisotopic (exact) mass is 238 g/mol. The molecule has 1 aliphatic heterocycles. The van der Waals surface area contributed by atoms with Gasteiger partial charge in [0, 0.05) is 12.1 Å². The zero-order valence-corrected chi connectivity index (χ0v) is 11.8. The molecule has 2 rings (SSSR count). The predicted molar refractivity (Wildman–Crippen MR) is 74.3 cm³/mol. The summed E-state index contributed by atoms with van der Waals surface area (Å²) in [6.07, 6.45) is 9.79.